The van der Waals surface area contributed by atoms with Gasteiger partial charge in [-0.1, -0.05) is 142 Å². The molecule has 26 nitrogen and oxygen atoms in total. The average Bonchev–Trinajstić information content (AvgIpc) is 1.76. The van der Waals surface area contributed by atoms with Crippen molar-refractivity contribution in [2.75, 3.05) is 73.6 Å². The second kappa shape index (κ2) is 33.0. The number of hydrogen-bond donors (Lipinski definition) is 8. The van der Waals surface area contributed by atoms with E-state index in [9.17, 15) is 24.3 Å². The number of phenols is 1. The highest BCUT2D eigenvalue weighted by atomic mass is 16.3. The summed E-state index contributed by atoms with van der Waals surface area (Å²) >= 11 is 0. The number of carbonyl (C=O) groups excluding carboxylic acids is 4. The molecular formula is C93H85N21O5. The van der Waals surface area contributed by atoms with Crippen molar-refractivity contribution in [3.63, 3.8) is 0 Å². The molecule has 11 heterocycles. The molecule has 0 radical (unpaired) electrons. The summed E-state index contributed by atoms with van der Waals surface area (Å²) in [4.78, 5) is 58.8. The Balaban J connectivity index is 0.000000113. The summed E-state index contributed by atoms with van der Waals surface area (Å²) < 4.78 is 0. The van der Waals surface area contributed by atoms with Crippen molar-refractivity contribution < 1.29 is 24.3 Å². The Kier molecular flexibility index (Phi) is 21.2. The highest BCUT2D eigenvalue weighted by Gasteiger charge is 2.33. The fourth-order valence-electron chi connectivity index (χ4n) is 16.8. The molecule has 119 heavy (non-hydrogen) atoms. The van der Waals surface area contributed by atoms with E-state index in [2.05, 4.69) is 195 Å². The molecule has 9 aromatic carbocycles. The zero-order chi connectivity index (χ0) is 82.0. The third-order valence-corrected chi connectivity index (χ3v) is 22.8. The SMILES string of the molecule is C=CC(=O)N1CC(Nc2cnnc3c(-c4c(C)ccc5[nH]ncc45)cccc23)C1.C=CC(=O)N1CC(Nc2cnnc3c(-c4cc(O)cc5ccccc45)cccc23)C1.C=CC(=O)N1CCC(Nc2cncc3c(-c4c(C)ccc5[nH]ncc45)cccc23)C1.C=CC(=O)N1CCC(Nc2cnnc3c(-c4c(C)ccc5[nH]ncc45)cccc23)C1. The molecule has 2 atom stereocenters. The Labute approximate surface area is 683 Å². The van der Waals surface area contributed by atoms with E-state index in [-0.39, 0.29) is 53.5 Å². The van der Waals surface area contributed by atoms with Gasteiger partial charge in [0.2, 0.25) is 23.6 Å². The van der Waals surface area contributed by atoms with Gasteiger partial charge in [-0.25, -0.2) is 0 Å². The highest BCUT2D eigenvalue weighted by molar-refractivity contribution is 6.12. The number of nitrogens with zero attached hydrogens (tertiary/aromatic N) is 14. The number of carbonyl (C=O) groups is 4. The van der Waals surface area contributed by atoms with Crippen molar-refractivity contribution >= 4 is 133 Å². The summed E-state index contributed by atoms with van der Waals surface area (Å²) in [5.41, 5.74) is 21.1. The Hall–Kier alpha value is -15.1. The number of anilines is 4. The van der Waals surface area contributed by atoms with Gasteiger partial charge in [0.25, 0.3) is 0 Å². The van der Waals surface area contributed by atoms with Gasteiger partial charge in [-0.2, -0.15) is 30.6 Å². The first kappa shape index (κ1) is 76.5. The summed E-state index contributed by atoms with van der Waals surface area (Å²) in [5, 5.41) is 82.7. The van der Waals surface area contributed by atoms with Gasteiger partial charge >= 0.3 is 0 Å². The third kappa shape index (κ3) is 15.2. The lowest BCUT2D eigenvalue weighted by Crippen LogP contribution is -2.56. The largest absolute Gasteiger partial charge is 0.508 e. The normalized spacial score (nSPS) is 15.2. The van der Waals surface area contributed by atoms with E-state index in [0.29, 0.717) is 39.3 Å². The van der Waals surface area contributed by atoms with Crippen LogP contribution in [0.25, 0.3) is 131 Å². The molecule has 8 N–H and O–H groups in total. The number of amides is 4. The number of fused-ring (bicyclic) bond motifs is 8. The minimum Gasteiger partial charge on any atom is -0.508 e. The monoisotopic (exact) mass is 1580 g/mol. The van der Waals surface area contributed by atoms with E-state index in [4.69, 9.17) is 0 Å². The highest BCUT2D eigenvalue weighted by Crippen LogP contribution is 2.43. The van der Waals surface area contributed by atoms with Crippen molar-refractivity contribution in [3.05, 3.63) is 262 Å². The molecule has 0 bridgehead atoms. The lowest BCUT2D eigenvalue weighted by Gasteiger charge is -2.39. The van der Waals surface area contributed by atoms with Gasteiger partial charge in [0.05, 0.1) is 94.8 Å². The van der Waals surface area contributed by atoms with Gasteiger partial charge < -0.3 is 46.0 Å². The fraction of sp³-hybridized carbons (Fsp3) is 0.183. The second-order valence-electron chi connectivity index (χ2n) is 30.3. The number of likely N-dealkylation sites (tertiary alicyclic amines) is 4. The summed E-state index contributed by atoms with van der Waals surface area (Å²) in [6, 6.07) is 49.3. The van der Waals surface area contributed by atoms with Crippen LogP contribution >= 0.6 is 0 Å². The molecule has 4 aliphatic heterocycles. The molecule has 7 aromatic heterocycles. The molecule has 4 aliphatic rings. The van der Waals surface area contributed by atoms with E-state index < -0.39 is 0 Å². The van der Waals surface area contributed by atoms with Crippen molar-refractivity contribution in [2.24, 2.45) is 0 Å². The Morgan fingerprint density at radius 1 is 0.370 bits per heavy atom. The number of benzene rings is 9. The van der Waals surface area contributed by atoms with Gasteiger partial charge in [0.15, 0.2) is 0 Å². The molecule has 0 spiro atoms. The summed E-state index contributed by atoms with van der Waals surface area (Å²) in [5.74, 6) is 0.0872. The first-order chi connectivity index (χ1) is 58.1. The topological polar surface area (TPSA) is 326 Å². The van der Waals surface area contributed by atoms with Crippen molar-refractivity contribution in [2.45, 2.75) is 57.8 Å². The van der Waals surface area contributed by atoms with E-state index >= 15 is 0 Å². The lowest BCUT2D eigenvalue weighted by molar-refractivity contribution is -0.130. The maximum absolute atomic E-state index is 11.9. The van der Waals surface area contributed by atoms with E-state index in [1.807, 2.05) is 114 Å². The molecule has 0 aliphatic carbocycles. The number of aromatic hydroxyl groups is 1. The minimum atomic E-state index is -0.0520. The Morgan fingerprint density at radius 3 is 1.19 bits per heavy atom. The molecule has 20 rings (SSSR count). The number of hydrogen-bond acceptors (Lipinski definition) is 19. The van der Waals surface area contributed by atoms with Gasteiger partial charge in [0, 0.05) is 130 Å². The van der Waals surface area contributed by atoms with Crippen LogP contribution in [0.1, 0.15) is 29.5 Å². The summed E-state index contributed by atoms with van der Waals surface area (Å²) in [6.07, 6.45) is 21.8. The van der Waals surface area contributed by atoms with E-state index in [0.717, 1.165) is 186 Å². The molecule has 4 fully saturated rings. The van der Waals surface area contributed by atoms with Crippen molar-refractivity contribution in [1.82, 2.24) is 85.8 Å². The van der Waals surface area contributed by atoms with Crippen molar-refractivity contribution in [3.8, 4) is 50.3 Å². The van der Waals surface area contributed by atoms with Crippen LogP contribution in [0.2, 0.25) is 0 Å². The second-order valence-corrected chi connectivity index (χ2v) is 30.3. The zero-order valence-corrected chi connectivity index (χ0v) is 65.8. The molecule has 26 heteroatoms. The van der Waals surface area contributed by atoms with Crippen molar-refractivity contribution in [1.29, 1.82) is 0 Å². The Bertz CT molecular complexity index is 6500. The predicted octanol–water partition coefficient (Wildman–Crippen LogP) is 15.2. The molecule has 0 saturated carbocycles. The molecule has 592 valence electrons. The number of phenolic OH excluding ortho intramolecular Hbond substituents is 1. The van der Waals surface area contributed by atoms with E-state index in [1.165, 1.54) is 35.4 Å². The minimum absolute atomic E-state index is 0.0127. The quantitative estimate of drug-likeness (QED) is 0.0417. The maximum Gasteiger partial charge on any atom is 0.246 e. The van der Waals surface area contributed by atoms with Crippen LogP contribution in [0.15, 0.2) is 246 Å². The first-order valence-corrected chi connectivity index (χ1v) is 39.4. The molecule has 16 aromatic rings. The van der Waals surface area contributed by atoms with Crippen LogP contribution in [0.3, 0.4) is 0 Å². The third-order valence-electron chi connectivity index (χ3n) is 22.8. The number of aromatic amines is 3. The molecular weight excluding hydrogens is 1490 g/mol. The Morgan fingerprint density at radius 2 is 0.739 bits per heavy atom. The molecule has 4 amide bonds. The maximum atomic E-state index is 11.9. The van der Waals surface area contributed by atoms with Gasteiger partial charge in [-0.05, 0) is 144 Å². The molecule has 2 unspecified atom stereocenters. The zero-order valence-electron chi connectivity index (χ0n) is 65.8. The number of aromatic nitrogens is 13. The van der Waals surface area contributed by atoms with Crippen LogP contribution in [0.4, 0.5) is 22.7 Å². The van der Waals surface area contributed by atoms with Crippen LogP contribution in [0, 0.1) is 20.8 Å². The van der Waals surface area contributed by atoms with Gasteiger partial charge in [-0.15, -0.1) is 15.3 Å². The van der Waals surface area contributed by atoms with Gasteiger partial charge in [-0.3, -0.25) is 39.5 Å². The first-order valence-electron chi connectivity index (χ1n) is 39.4. The van der Waals surface area contributed by atoms with Crippen LogP contribution in [-0.2, 0) is 19.2 Å². The van der Waals surface area contributed by atoms with Crippen LogP contribution < -0.4 is 21.3 Å². The van der Waals surface area contributed by atoms with Gasteiger partial charge in [0.1, 0.15) is 22.3 Å². The fourth-order valence-corrected chi connectivity index (χ4v) is 16.8. The smallest absolute Gasteiger partial charge is 0.246 e. The predicted molar refractivity (Wildman–Crippen MR) is 470 cm³/mol. The number of nitrogens with one attached hydrogen (secondary N) is 7. The number of pyridine rings is 1. The summed E-state index contributed by atoms with van der Waals surface area (Å²) in [7, 11) is 0. The number of rotatable bonds is 16. The standard InChI is InChI=1S/C24H23N5O.C24H20N4O2.C23H22N6O.C22H20N6O/c1-3-23(30)29-10-9-16(14-29)27-22-13-25-11-19-17(22)5-4-6-18(19)24-15(2)7-8-21-20(24)12-26-28-21;1-2-23(30)28-13-16(14-28)26-22-12-25-27-24-19(8-5-9-20(22)24)21-11-17(29)10-15-6-3-4-7-18(15)21;1-3-21(30)29-10-9-15(13-29)26-20-12-25-28-23-16(20)5-4-6-17(23)22-14(2)7-8-19-18(22)11-24-27-19;1-3-20(29)28-11-14(12-28)25-19-10-24-27-22-15(19)5-4-6-16(22)21-13(2)7-8-18-17(21)9-23-26-18/h3-8,11-13,16,27H,1,9-10,14H2,2H3,(H,26,28);2-12,16,29H,1,13-14H2,(H,26,27);3-8,11-12,15H,1,9-10,13H2,2H3,(H,24,27)(H,26,28);3-10,14H,1,11-12H2,2H3,(H,23,26)(H,25,27). The van der Waals surface area contributed by atoms with Crippen LogP contribution in [0.5, 0.6) is 5.75 Å². The number of aryl methyl sites for hydroxylation is 3. The van der Waals surface area contributed by atoms with E-state index in [1.54, 1.807) is 40.5 Å². The number of H-pyrrole nitrogens is 3. The summed E-state index contributed by atoms with van der Waals surface area (Å²) in [6.45, 7) is 25.9. The molecule has 4 saturated heterocycles. The van der Waals surface area contributed by atoms with Crippen LogP contribution in [-0.4, -0.2) is 191 Å². The lowest BCUT2D eigenvalue weighted by atomic mass is 9.93. The average molecular weight is 1580 g/mol.